The van der Waals surface area contributed by atoms with Crippen LogP contribution in [0, 0.1) is 5.92 Å². The van der Waals surface area contributed by atoms with Gasteiger partial charge in [-0.05, 0) is 59.8 Å². The van der Waals surface area contributed by atoms with Gasteiger partial charge in [0.2, 0.25) is 5.91 Å². The number of rotatable bonds is 12. The highest BCUT2D eigenvalue weighted by Crippen LogP contribution is 2.42. The summed E-state index contributed by atoms with van der Waals surface area (Å²) < 4.78 is 52.7. The Morgan fingerprint density at radius 3 is 2.38 bits per heavy atom. The van der Waals surface area contributed by atoms with E-state index in [9.17, 15) is 27.9 Å². The molecule has 0 spiro atoms. The molecule has 0 bridgehead atoms. The van der Waals surface area contributed by atoms with Crippen molar-refractivity contribution in [2.45, 2.75) is 70.1 Å². The van der Waals surface area contributed by atoms with Crippen molar-refractivity contribution < 1.29 is 37.3 Å². The van der Waals surface area contributed by atoms with E-state index in [4.69, 9.17) is 9.47 Å². The number of ether oxygens (including phenoxy) is 2. The molecule has 5 unspecified atom stereocenters. The first-order valence-corrected chi connectivity index (χ1v) is 17.9. The summed E-state index contributed by atoms with van der Waals surface area (Å²) in [6.45, 7) is 3.56. The smallest absolute Gasteiger partial charge is 0.392 e. The van der Waals surface area contributed by atoms with Crippen molar-refractivity contribution in [1.82, 2.24) is 20.1 Å². The number of likely N-dealkylation sites (N-methyl/N-ethyl adjacent to an activating group) is 1. The summed E-state index contributed by atoms with van der Waals surface area (Å²) in [5, 5.41) is 12.4. The van der Waals surface area contributed by atoms with Crippen molar-refractivity contribution >= 4 is 11.8 Å². The van der Waals surface area contributed by atoms with Crippen LogP contribution in [0.5, 0.6) is 0 Å². The average Bonchev–Trinajstić information content (AvgIpc) is 3.67. The van der Waals surface area contributed by atoms with Crippen molar-refractivity contribution in [3.8, 4) is 11.1 Å². The number of likely N-dealkylation sites (tertiary alicyclic amines) is 1. The number of benzene rings is 3. The van der Waals surface area contributed by atoms with E-state index in [-0.39, 0.29) is 44.2 Å². The van der Waals surface area contributed by atoms with Gasteiger partial charge in [0.25, 0.3) is 0 Å². The molecule has 53 heavy (non-hydrogen) atoms. The molecule has 3 aromatic carbocycles. The number of halogens is 3. The molecule has 9 nitrogen and oxygen atoms in total. The summed E-state index contributed by atoms with van der Waals surface area (Å²) in [6, 6.07) is 27.9. The van der Waals surface area contributed by atoms with Crippen LogP contribution in [0.4, 0.5) is 13.2 Å². The highest BCUT2D eigenvalue weighted by molar-refractivity contribution is 5.90. The van der Waals surface area contributed by atoms with Crippen molar-refractivity contribution in [3.05, 3.63) is 125 Å². The summed E-state index contributed by atoms with van der Waals surface area (Å²) in [5.74, 6) is -2.57. The number of amides is 2. The second-order valence-corrected chi connectivity index (χ2v) is 13.8. The van der Waals surface area contributed by atoms with Crippen LogP contribution in [0.3, 0.4) is 0 Å². The Morgan fingerprint density at radius 2 is 1.68 bits per heavy atom. The lowest BCUT2D eigenvalue weighted by Gasteiger charge is -2.42. The molecule has 0 radical (unpaired) electrons. The number of nitrogens with zero attached hydrogens (tertiary/aromatic N) is 3. The second-order valence-electron chi connectivity index (χ2n) is 13.8. The van der Waals surface area contributed by atoms with Crippen molar-refractivity contribution in [2.75, 3.05) is 26.7 Å². The van der Waals surface area contributed by atoms with E-state index in [1.807, 2.05) is 91.0 Å². The molecule has 2 aliphatic rings. The third-order valence-corrected chi connectivity index (χ3v) is 10.1. The number of aliphatic hydroxyl groups is 1. The normalized spacial score (nSPS) is 21.9. The predicted octanol–water partition coefficient (Wildman–Crippen LogP) is 6.38. The van der Waals surface area contributed by atoms with Crippen LogP contribution in [-0.2, 0) is 38.6 Å². The Balaban J connectivity index is 1.16. The SMILES string of the molecule is CC1C(CN(C)CCc2ccccn2)OC(c2ccc(-c3ccccc3CNC(=O)C3CCCN3C(=O)C(F)(F)F)cc2)OC1c1ccc(CO)cc1. The number of hydrogen-bond acceptors (Lipinski definition) is 7. The Hall–Kier alpha value is -4.62. The van der Waals surface area contributed by atoms with Crippen LogP contribution < -0.4 is 5.32 Å². The van der Waals surface area contributed by atoms with E-state index >= 15 is 0 Å². The van der Waals surface area contributed by atoms with Crippen LogP contribution in [0.1, 0.15) is 60.1 Å². The minimum absolute atomic E-state index is 0.0211. The zero-order chi connectivity index (χ0) is 37.5. The Labute approximate surface area is 307 Å². The molecule has 3 heterocycles. The zero-order valence-corrected chi connectivity index (χ0v) is 29.8. The molecule has 0 aliphatic carbocycles. The van der Waals surface area contributed by atoms with Gasteiger partial charge in [0.1, 0.15) is 6.04 Å². The number of alkyl halides is 3. The molecule has 2 amide bonds. The molecule has 4 aromatic rings. The maximum absolute atomic E-state index is 13.1. The molecular formula is C41H45F3N4O5. The Morgan fingerprint density at radius 1 is 0.962 bits per heavy atom. The highest BCUT2D eigenvalue weighted by atomic mass is 19.4. The van der Waals surface area contributed by atoms with Gasteiger partial charge in [0, 0.05) is 56.0 Å². The Bertz CT molecular complexity index is 1820. The van der Waals surface area contributed by atoms with Gasteiger partial charge in [-0.25, -0.2) is 0 Å². The van der Waals surface area contributed by atoms with Crippen LogP contribution in [0.15, 0.2) is 97.2 Å². The minimum atomic E-state index is -5.03. The minimum Gasteiger partial charge on any atom is -0.392 e. The third-order valence-electron chi connectivity index (χ3n) is 10.1. The topological polar surface area (TPSA) is 104 Å². The molecule has 0 saturated carbocycles. The lowest BCUT2D eigenvalue weighted by molar-refractivity contribution is -0.275. The molecule has 12 heteroatoms. The molecule has 5 atom stereocenters. The van der Waals surface area contributed by atoms with Crippen LogP contribution >= 0.6 is 0 Å². The van der Waals surface area contributed by atoms with Crippen molar-refractivity contribution in [2.24, 2.45) is 5.92 Å². The molecule has 1 aromatic heterocycles. The van der Waals surface area contributed by atoms with Gasteiger partial charge in [0.05, 0.1) is 18.8 Å². The van der Waals surface area contributed by atoms with Crippen LogP contribution in [0.25, 0.3) is 11.1 Å². The van der Waals surface area contributed by atoms with Crippen molar-refractivity contribution in [3.63, 3.8) is 0 Å². The van der Waals surface area contributed by atoms with Gasteiger partial charge in [-0.2, -0.15) is 13.2 Å². The fourth-order valence-corrected chi connectivity index (χ4v) is 7.10. The largest absolute Gasteiger partial charge is 0.471 e. The molecule has 280 valence electrons. The molecule has 2 N–H and O–H groups in total. The molecule has 2 fully saturated rings. The molecule has 2 saturated heterocycles. The first-order valence-electron chi connectivity index (χ1n) is 17.9. The highest BCUT2D eigenvalue weighted by Gasteiger charge is 2.47. The quantitative estimate of drug-likeness (QED) is 0.175. The number of carbonyl (C=O) groups is 2. The van der Waals surface area contributed by atoms with Gasteiger partial charge >= 0.3 is 12.1 Å². The van der Waals surface area contributed by atoms with Gasteiger partial charge in [0.15, 0.2) is 6.29 Å². The zero-order valence-electron chi connectivity index (χ0n) is 29.8. The van der Waals surface area contributed by atoms with E-state index in [1.54, 1.807) is 6.20 Å². The van der Waals surface area contributed by atoms with E-state index in [2.05, 4.69) is 29.2 Å². The lowest BCUT2D eigenvalue weighted by Crippen LogP contribution is -2.50. The predicted molar refractivity (Wildman–Crippen MR) is 193 cm³/mol. The van der Waals surface area contributed by atoms with Crippen molar-refractivity contribution in [1.29, 1.82) is 0 Å². The maximum Gasteiger partial charge on any atom is 0.471 e. The van der Waals surface area contributed by atoms with Crippen LogP contribution in [0.2, 0.25) is 0 Å². The molecule has 6 rings (SSSR count). The first-order chi connectivity index (χ1) is 25.5. The fraction of sp³-hybridized carbons (Fsp3) is 0.390. The Kier molecular flexibility index (Phi) is 12.2. The third kappa shape index (κ3) is 9.31. The van der Waals surface area contributed by atoms with E-state index in [0.29, 0.717) is 17.9 Å². The van der Waals surface area contributed by atoms with Gasteiger partial charge in [-0.1, -0.05) is 85.8 Å². The summed E-state index contributed by atoms with van der Waals surface area (Å²) >= 11 is 0. The number of aliphatic hydroxyl groups excluding tert-OH is 1. The number of carbonyl (C=O) groups excluding carboxylic acids is 2. The standard InChI is InChI=1S/C41H45F3N4O5/c1-27-36(25-47(2)23-20-33-9-5-6-21-45-33)52-39(53-37(27)30-14-12-28(26-49)13-15-30)31-18-16-29(17-19-31)34-10-4-3-8-32(34)24-46-38(50)35-11-7-22-48(35)40(51)41(42,43)44/h3-6,8-10,12-19,21,27,35-37,39,49H,7,11,20,22-26H2,1-2H3,(H,46,50). The lowest BCUT2D eigenvalue weighted by atomic mass is 9.90. The maximum atomic E-state index is 13.1. The summed E-state index contributed by atoms with van der Waals surface area (Å²) in [7, 11) is 2.08. The first kappa shape index (κ1) is 38.1. The average molecular weight is 731 g/mol. The molecule has 2 aliphatic heterocycles. The fourth-order valence-electron chi connectivity index (χ4n) is 7.10. The van der Waals surface area contributed by atoms with E-state index in [0.717, 1.165) is 52.0 Å². The van der Waals surface area contributed by atoms with E-state index < -0.39 is 30.3 Å². The number of pyridine rings is 1. The van der Waals surface area contributed by atoms with Gasteiger partial charge < -0.3 is 29.7 Å². The molecular weight excluding hydrogens is 685 g/mol. The number of nitrogens with one attached hydrogen (secondary N) is 1. The number of aromatic nitrogens is 1. The summed E-state index contributed by atoms with van der Waals surface area (Å²) in [5.41, 5.74) is 6.19. The monoisotopic (exact) mass is 730 g/mol. The van der Waals surface area contributed by atoms with Gasteiger partial charge in [-0.15, -0.1) is 0 Å². The van der Waals surface area contributed by atoms with E-state index in [1.165, 1.54) is 0 Å². The van der Waals surface area contributed by atoms with Crippen LogP contribution in [-0.4, -0.2) is 76.7 Å². The summed E-state index contributed by atoms with van der Waals surface area (Å²) in [6.07, 6.45) is -2.98. The summed E-state index contributed by atoms with van der Waals surface area (Å²) in [4.78, 5) is 32.2. The second kappa shape index (κ2) is 17.0. The van der Waals surface area contributed by atoms with Gasteiger partial charge in [-0.3, -0.25) is 14.6 Å². The number of hydrogen-bond donors (Lipinski definition) is 2.